The van der Waals surface area contributed by atoms with E-state index in [1.54, 1.807) is 16.7 Å². The molecule has 1 saturated heterocycles. The zero-order valence-electron chi connectivity index (χ0n) is 18.8. The van der Waals surface area contributed by atoms with Gasteiger partial charge in [-0.05, 0) is 49.9 Å². The summed E-state index contributed by atoms with van der Waals surface area (Å²) in [5.41, 5.74) is 8.90. The molecule has 174 valence electrons. The molecule has 0 bridgehead atoms. The van der Waals surface area contributed by atoms with Crippen molar-refractivity contribution in [3.05, 3.63) is 52.5 Å². The summed E-state index contributed by atoms with van der Waals surface area (Å²) in [6.07, 6.45) is 4.17. The van der Waals surface area contributed by atoms with E-state index in [1.165, 1.54) is 12.1 Å². The van der Waals surface area contributed by atoms with Gasteiger partial charge in [-0.1, -0.05) is 25.0 Å². The summed E-state index contributed by atoms with van der Waals surface area (Å²) >= 11 is 0. The van der Waals surface area contributed by atoms with Crippen molar-refractivity contribution < 1.29 is 18.7 Å². The third kappa shape index (κ3) is 4.77. The van der Waals surface area contributed by atoms with Crippen LogP contribution in [-0.2, 0) is 20.9 Å². The Hall–Kier alpha value is -3.22. The smallest absolute Gasteiger partial charge is 0.325 e. The van der Waals surface area contributed by atoms with Crippen molar-refractivity contribution in [3.8, 4) is 6.07 Å². The Balaban J connectivity index is 1.44. The molecule has 2 fully saturated rings. The maximum absolute atomic E-state index is 13.3. The minimum absolute atomic E-state index is 0.165. The number of amides is 1. The number of anilines is 1. The highest BCUT2D eigenvalue weighted by Crippen LogP contribution is 2.31. The van der Waals surface area contributed by atoms with Crippen LogP contribution in [0, 0.1) is 36.9 Å². The Bertz CT molecular complexity index is 1090. The van der Waals surface area contributed by atoms with Crippen molar-refractivity contribution in [1.82, 2.24) is 15.4 Å². The average Bonchev–Trinajstić information content (AvgIpc) is 3.34. The van der Waals surface area contributed by atoms with Gasteiger partial charge in [0, 0.05) is 24.2 Å². The summed E-state index contributed by atoms with van der Waals surface area (Å²) in [7, 11) is 0. The van der Waals surface area contributed by atoms with Crippen LogP contribution in [0.4, 0.5) is 10.2 Å². The molecule has 1 aliphatic carbocycles. The van der Waals surface area contributed by atoms with Gasteiger partial charge in [0.15, 0.2) is 6.61 Å². The van der Waals surface area contributed by atoms with Crippen LogP contribution < -0.4 is 16.2 Å². The Morgan fingerprint density at radius 2 is 1.94 bits per heavy atom. The van der Waals surface area contributed by atoms with E-state index in [2.05, 4.69) is 22.2 Å². The Kier molecular flexibility index (Phi) is 6.77. The van der Waals surface area contributed by atoms with Crippen LogP contribution in [0.5, 0.6) is 0 Å². The molecule has 1 aliphatic heterocycles. The fourth-order valence-corrected chi connectivity index (χ4v) is 4.77. The number of hydrogen-bond donors (Lipinski definition) is 3. The number of carbonyl (C=O) groups excluding carboxylic acids is 2. The molecule has 9 heteroatoms. The summed E-state index contributed by atoms with van der Waals surface area (Å²) in [5, 5.41) is 12.4. The summed E-state index contributed by atoms with van der Waals surface area (Å²) in [6.45, 7) is 3.57. The highest BCUT2D eigenvalue weighted by molar-refractivity contribution is 5.94. The molecule has 1 aromatic carbocycles. The van der Waals surface area contributed by atoms with Crippen molar-refractivity contribution in [2.45, 2.75) is 58.2 Å². The Morgan fingerprint density at radius 3 is 2.67 bits per heavy atom. The van der Waals surface area contributed by atoms with Crippen molar-refractivity contribution >= 4 is 17.7 Å². The van der Waals surface area contributed by atoms with E-state index in [4.69, 9.17) is 4.74 Å². The predicted molar refractivity (Wildman–Crippen MR) is 120 cm³/mol. The fourth-order valence-electron chi connectivity index (χ4n) is 4.77. The Labute approximate surface area is 192 Å². The molecule has 3 unspecified atom stereocenters. The first-order valence-electron chi connectivity index (χ1n) is 11.2. The second-order valence-electron chi connectivity index (χ2n) is 8.74. The highest BCUT2D eigenvalue weighted by atomic mass is 19.1. The van der Waals surface area contributed by atoms with E-state index in [0.717, 1.165) is 42.5 Å². The molecule has 1 saturated carbocycles. The lowest BCUT2D eigenvalue weighted by Crippen LogP contribution is -2.41. The summed E-state index contributed by atoms with van der Waals surface area (Å²) in [4.78, 5) is 25.2. The number of esters is 1. The van der Waals surface area contributed by atoms with Gasteiger partial charge in [0.25, 0.3) is 5.91 Å². The SMILES string of the molecule is Cc1c(C#N)c(NC(=O)COC(=O)C2NNC3CCCCC32)n(Cc2ccc(F)cc2)c1C. The molecule has 1 amide bonds. The molecule has 4 rings (SSSR count). The molecule has 2 heterocycles. The van der Waals surface area contributed by atoms with Crippen LogP contribution in [0.3, 0.4) is 0 Å². The molecule has 2 aliphatic rings. The lowest BCUT2D eigenvalue weighted by Gasteiger charge is -2.26. The van der Waals surface area contributed by atoms with Crippen LogP contribution in [0.1, 0.15) is 48.1 Å². The summed E-state index contributed by atoms with van der Waals surface area (Å²) in [6, 6.07) is 7.98. The molecule has 33 heavy (non-hydrogen) atoms. The quantitative estimate of drug-likeness (QED) is 0.581. The van der Waals surface area contributed by atoms with Gasteiger partial charge in [0.1, 0.15) is 23.7 Å². The van der Waals surface area contributed by atoms with Gasteiger partial charge in [-0.15, -0.1) is 0 Å². The van der Waals surface area contributed by atoms with Crippen molar-refractivity contribution in [2.75, 3.05) is 11.9 Å². The first kappa shape index (κ1) is 23.0. The first-order chi connectivity index (χ1) is 15.9. The van der Waals surface area contributed by atoms with E-state index in [9.17, 15) is 19.2 Å². The van der Waals surface area contributed by atoms with Gasteiger partial charge in [0.05, 0.1) is 5.56 Å². The fraction of sp³-hybridized carbons (Fsp3) is 0.458. The van der Waals surface area contributed by atoms with Gasteiger partial charge in [0.2, 0.25) is 0 Å². The van der Waals surface area contributed by atoms with Crippen molar-refractivity contribution in [1.29, 1.82) is 5.26 Å². The first-order valence-corrected chi connectivity index (χ1v) is 11.2. The van der Waals surface area contributed by atoms with E-state index in [-0.39, 0.29) is 17.8 Å². The molecule has 3 N–H and O–H groups in total. The number of nitriles is 1. The molecule has 8 nitrogen and oxygen atoms in total. The largest absolute Gasteiger partial charge is 0.454 e. The van der Waals surface area contributed by atoms with Crippen LogP contribution in [0.25, 0.3) is 0 Å². The number of fused-ring (bicyclic) bond motifs is 1. The zero-order chi connectivity index (χ0) is 23.5. The Morgan fingerprint density at radius 1 is 1.21 bits per heavy atom. The second-order valence-corrected chi connectivity index (χ2v) is 8.74. The maximum Gasteiger partial charge on any atom is 0.325 e. The molecule has 1 aromatic heterocycles. The summed E-state index contributed by atoms with van der Waals surface area (Å²) < 4.78 is 20.4. The van der Waals surface area contributed by atoms with Gasteiger partial charge in [-0.25, -0.2) is 9.82 Å². The normalized spacial score (nSPS) is 21.8. The van der Waals surface area contributed by atoms with Crippen molar-refractivity contribution in [3.63, 3.8) is 0 Å². The number of rotatable bonds is 6. The van der Waals surface area contributed by atoms with Crippen LogP contribution in [-0.4, -0.2) is 35.1 Å². The number of nitrogens with zero attached hydrogens (tertiary/aromatic N) is 2. The lowest BCUT2D eigenvalue weighted by molar-refractivity contribution is -0.150. The van der Waals surface area contributed by atoms with E-state index in [0.29, 0.717) is 17.9 Å². The number of aromatic nitrogens is 1. The molecule has 0 spiro atoms. The van der Waals surface area contributed by atoms with Crippen molar-refractivity contribution in [2.24, 2.45) is 5.92 Å². The third-order valence-electron chi connectivity index (χ3n) is 6.72. The number of ether oxygens (including phenoxy) is 1. The van der Waals surface area contributed by atoms with Gasteiger partial charge in [-0.2, -0.15) is 5.26 Å². The van der Waals surface area contributed by atoms with Crippen LogP contribution in [0.15, 0.2) is 24.3 Å². The number of carbonyl (C=O) groups is 2. The molecular formula is C24H28FN5O3. The number of halogens is 1. The highest BCUT2D eigenvalue weighted by Gasteiger charge is 2.42. The number of nitrogens with one attached hydrogen (secondary N) is 3. The monoisotopic (exact) mass is 453 g/mol. The summed E-state index contributed by atoms with van der Waals surface area (Å²) in [5.74, 6) is -0.812. The minimum atomic E-state index is -0.524. The van der Waals surface area contributed by atoms with Crippen LogP contribution >= 0.6 is 0 Å². The molecule has 3 atom stereocenters. The van der Waals surface area contributed by atoms with Gasteiger partial charge >= 0.3 is 5.97 Å². The topological polar surface area (TPSA) is 108 Å². The average molecular weight is 454 g/mol. The van der Waals surface area contributed by atoms with E-state index < -0.39 is 24.5 Å². The molecular weight excluding hydrogens is 425 g/mol. The van der Waals surface area contributed by atoms with E-state index in [1.807, 2.05) is 13.8 Å². The molecule has 0 radical (unpaired) electrons. The standard InChI is InChI=1S/C24H28FN5O3/c1-14-15(2)30(12-16-7-9-17(25)10-8-16)23(19(14)11-26)27-21(31)13-33-24(32)22-18-5-3-4-6-20(18)28-29-22/h7-10,18,20,22,28-29H,3-6,12-13H2,1-2H3,(H,27,31). The number of benzene rings is 1. The third-order valence-corrected chi connectivity index (χ3v) is 6.72. The van der Waals surface area contributed by atoms with Gasteiger partial charge < -0.3 is 14.6 Å². The number of hydrazine groups is 1. The zero-order valence-corrected chi connectivity index (χ0v) is 18.8. The second kappa shape index (κ2) is 9.73. The van der Waals surface area contributed by atoms with Gasteiger partial charge in [-0.3, -0.25) is 15.0 Å². The minimum Gasteiger partial charge on any atom is -0.454 e. The predicted octanol–water partition coefficient (Wildman–Crippen LogP) is 2.68. The molecule has 2 aromatic rings. The van der Waals surface area contributed by atoms with Crippen LogP contribution in [0.2, 0.25) is 0 Å². The number of hydrogen-bond acceptors (Lipinski definition) is 6. The maximum atomic E-state index is 13.3. The van der Waals surface area contributed by atoms with E-state index >= 15 is 0 Å². The lowest BCUT2D eigenvalue weighted by atomic mass is 9.82.